The van der Waals surface area contributed by atoms with E-state index in [1.807, 2.05) is 12.1 Å². The molecule has 1 aromatic heterocycles. The summed E-state index contributed by atoms with van der Waals surface area (Å²) in [5.41, 5.74) is 0. The maximum atomic E-state index is 5.40. The van der Waals surface area contributed by atoms with Gasteiger partial charge in [-0.15, -0.1) is 0 Å². The van der Waals surface area contributed by atoms with Crippen molar-refractivity contribution in [2.24, 2.45) is 0 Å². The fourth-order valence-electron chi connectivity index (χ4n) is 2.78. The Balaban J connectivity index is 1.68. The lowest BCUT2D eigenvalue weighted by Crippen LogP contribution is -2.46. The number of pyridine rings is 1. The van der Waals surface area contributed by atoms with Crippen LogP contribution in [-0.4, -0.2) is 68.9 Å². The average molecular weight is 275 g/mol. The molecule has 2 aliphatic heterocycles. The number of morpholine rings is 1. The van der Waals surface area contributed by atoms with E-state index >= 15 is 0 Å². The quantitative estimate of drug-likeness (QED) is 0.817. The molecule has 0 unspecified atom stereocenters. The highest BCUT2D eigenvalue weighted by atomic mass is 16.5. The SMILES string of the molecule is CCN1CCN(c2c[c]cc(N3CCOCC3)n2)CC1. The van der Waals surface area contributed by atoms with Gasteiger partial charge in [-0.1, -0.05) is 6.92 Å². The largest absolute Gasteiger partial charge is 0.378 e. The fraction of sp³-hybridized carbons (Fsp3) is 0.667. The molecule has 3 rings (SSSR count). The molecule has 2 saturated heterocycles. The summed E-state index contributed by atoms with van der Waals surface area (Å²) in [6, 6.07) is 7.24. The maximum absolute atomic E-state index is 5.40. The van der Waals surface area contributed by atoms with Gasteiger partial charge in [0.05, 0.1) is 13.2 Å². The third-order valence-electron chi connectivity index (χ3n) is 4.13. The van der Waals surface area contributed by atoms with Crippen LogP contribution in [-0.2, 0) is 4.74 Å². The Morgan fingerprint density at radius 3 is 2.20 bits per heavy atom. The van der Waals surface area contributed by atoms with Crippen LogP contribution in [0.15, 0.2) is 12.1 Å². The molecular weight excluding hydrogens is 252 g/mol. The Bertz CT molecular complexity index is 426. The number of hydrogen-bond donors (Lipinski definition) is 0. The molecule has 0 amide bonds. The van der Waals surface area contributed by atoms with Crippen molar-refractivity contribution in [1.82, 2.24) is 9.88 Å². The van der Waals surface area contributed by atoms with E-state index in [2.05, 4.69) is 27.7 Å². The smallest absolute Gasteiger partial charge is 0.131 e. The highest BCUT2D eigenvalue weighted by molar-refractivity contribution is 5.48. The van der Waals surface area contributed by atoms with Crippen molar-refractivity contribution >= 4 is 11.6 Å². The van der Waals surface area contributed by atoms with Crippen molar-refractivity contribution in [3.8, 4) is 0 Å². The molecule has 0 N–H and O–H groups in total. The fourth-order valence-corrected chi connectivity index (χ4v) is 2.78. The Kier molecular flexibility index (Phi) is 4.38. The van der Waals surface area contributed by atoms with E-state index in [4.69, 9.17) is 9.72 Å². The minimum atomic E-state index is 0.793. The highest BCUT2D eigenvalue weighted by Gasteiger charge is 2.18. The molecule has 2 fully saturated rings. The second-order valence-electron chi connectivity index (χ2n) is 5.30. The summed E-state index contributed by atoms with van der Waals surface area (Å²) in [6.45, 7) is 11.2. The summed E-state index contributed by atoms with van der Waals surface area (Å²) in [4.78, 5) is 11.9. The van der Waals surface area contributed by atoms with Gasteiger partial charge in [0, 0.05) is 39.3 Å². The Morgan fingerprint density at radius 1 is 1.00 bits per heavy atom. The van der Waals surface area contributed by atoms with Crippen LogP contribution >= 0.6 is 0 Å². The summed E-state index contributed by atoms with van der Waals surface area (Å²) in [5, 5.41) is 0. The van der Waals surface area contributed by atoms with E-state index in [0.717, 1.165) is 70.7 Å². The van der Waals surface area contributed by atoms with Gasteiger partial charge < -0.3 is 19.4 Å². The van der Waals surface area contributed by atoms with Crippen molar-refractivity contribution in [2.75, 3.05) is 68.8 Å². The average Bonchev–Trinajstić information content (AvgIpc) is 2.56. The van der Waals surface area contributed by atoms with Crippen molar-refractivity contribution in [3.63, 3.8) is 0 Å². The second-order valence-corrected chi connectivity index (χ2v) is 5.30. The summed E-state index contributed by atoms with van der Waals surface area (Å²) >= 11 is 0. The number of likely N-dealkylation sites (N-methyl/N-ethyl adjacent to an activating group) is 1. The minimum Gasteiger partial charge on any atom is -0.378 e. The molecule has 1 aromatic rings. The van der Waals surface area contributed by atoms with Crippen LogP contribution in [0.1, 0.15) is 6.92 Å². The summed E-state index contributed by atoms with van der Waals surface area (Å²) in [6.07, 6.45) is 0. The lowest BCUT2D eigenvalue weighted by molar-refractivity contribution is 0.122. The molecule has 20 heavy (non-hydrogen) atoms. The molecule has 109 valence electrons. The molecule has 0 saturated carbocycles. The zero-order chi connectivity index (χ0) is 13.8. The number of nitrogens with zero attached hydrogens (tertiary/aromatic N) is 4. The second kappa shape index (κ2) is 6.41. The van der Waals surface area contributed by atoms with Crippen molar-refractivity contribution < 1.29 is 4.74 Å². The van der Waals surface area contributed by atoms with Crippen LogP contribution in [0.4, 0.5) is 11.6 Å². The summed E-state index contributed by atoms with van der Waals surface area (Å²) in [7, 11) is 0. The van der Waals surface area contributed by atoms with Crippen LogP contribution in [0.25, 0.3) is 0 Å². The predicted octanol–water partition coefficient (Wildman–Crippen LogP) is 0.860. The lowest BCUT2D eigenvalue weighted by atomic mass is 10.3. The van der Waals surface area contributed by atoms with Gasteiger partial charge in [0.1, 0.15) is 11.6 Å². The molecule has 0 atom stereocenters. The molecular formula is C15H23N4O. The first-order chi connectivity index (χ1) is 9.86. The van der Waals surface area contributed by atoms with E-state index in [1.165, 1.54) is 0 Å². The Labute approximate surface area is 121 Å². The Hall–Kier alpha value is -1.33. The zero-order valence-electron chi connectivity index (χ0n) is 12.2. The number of anilines is 2. The third kappa shape index (κ3) is 3.04. The zero-order valence-corrected chi connectivity index (χ0v) is 12.2. The Morgan fingerprint density at radius 2 is 1.60 bits per heavy atom. The van der Waals surface area contributed by atoms with Crippen LogP contribution in [0.2, 0.25) is 0 Å². The van der Waals surface area contributed by atoms with Crippen LogP contribution in [0.5, 0.6) is 0 Å². The van der Waals surface area contributed by atoms with E-state index in [1.54, 1.807) is 0 Å². The van der Waals surface area contributed by atoms with Gasteiger partial charge in [-0.25, -0.2) is 4.98 Å². The lowest BCUT2D eigenvalue weighted by Gasteiger charge is -2.35. The minimum absolute atomic E-state index is 0.793. The molecule has 3 heterocycles. The van der Waals surface area contributed by atoms with Crippen molar-refractivity contribution in [1.29, 1.82) is 0 Å². The van der Waals surface area contributed by atoms with Crippen LogP contribution < -0.4 is 9.80 Å². The molecule has 5 heteroatoms. The van der Waals surface area contributed by atoms with E-state index in [9.17, 15) is 0 Å². The van der Waals surface area contributed by atoms with Gasteiger partial charge in [-0.3, -0.25) is 0 Å². The topological polar surface area (TPSA) is 31.8 Å². The summed E-state index contributed by atoms with van der Waals surface area (Å²) in [5.74, 6) is 2.09. The number of ether oxygens (including phenoxy) is 1. The van der Waals surface area contributed by atoms with Gasteiger partial charge in [0.25, 0.3) is 0 Å². The number of piperazine rings is 1. The van der Waals surface area contributed by atoms with Crippen LogP contribution in [0, 0.1) is 6.07 Å². The molecule has 1 radical (unpaired) electrons. The maximum Gasteiger partial charge on any atom is 0.131 e. The first-order valence-corrected chi connectivity index (χ1v) is 7.55. The van der Waals surface area contributed by atoms with Gasteiger partial charge in [-0.2, -0.15) is 0 Å². The monoisotopic (exact) mass is 275 g/mol. The highest BCUT2D eigenvalue weighted by Crippen LogP contribution is 2.19. The summed E-state index contributed by atoms with van der Waals surface area (Å²) < 4.78 is 5.40. The van der Waals surface area contributed by atoms with Gasteiger partial charge >= 0.3 is 0 Å². The molecule has 5 nitrogen and oxygen atoms in total. The van der Waals surface area contributed by atoms with Crippen molar-refractivity contribution in [2.45, 2.75) is 6.92 Å². The standard InChI is InChI=1S/C15H23N4O/c1-2-17-6-8-18(9-7-17)14-4-3-5-15(16-14)19-10-12-20-13-11-19/h4-5H,2,6-13H2,1H3. The first-order valence-electron chi connectivity index (χ1n) is 7.55. The van der Waals surface area contributed by atoms with Gasteiger partial charge in [0.2, 0.25) is 0 Å². The first kappa shape index (κ1) is 13.6. The normalized spacial score (nSPS) is 21.2. The van der Waals surface area contributed by atoms with E-state index < -0.39 is 0 Å². The predicted molar refractivity (Wildman–Crippen MR) is 80.4 cm³/mol. The number of aromatic nitrogens is 1. The van der Waals surface area contributed by atoms with Gasteiger partial charge in [0.15, 0.2) is 0 Å². The number of hydrogen-bond acceptors (Lipinski definition) is 5. The van der Waals surface area contributed by atoms with E-state index in [0.29, 0.717) is 0 Å². The molecule has 0 spiro atoms. The molecule has 2 aliphatic rings. The number of rotatable bonds is 3. The molecule has 0 aromatic carbocycles. The van der Waals surface area contributed by atoms with Gasteiger partial charge in [-0.05, 0) is 24.7 Å². The third-order valence-corrected chi connectivity index (χ3v) is 4.13. The molecule has 0 aliphatic carbocycles. The van der Waals surface area contributed by atoms with E-state index in [-0.39, 0.29) is 0 Å². The van der Waals surface area contributed by atoms with Crippen LogP contribution in [0.3, 0.4) is 0 Å². The van der Waals surface area contributed by atoms with Crippen molar-refractivity contribution in [3.05, 3.63) is 18.2 Å². The molecule has 0 bridgehead atoms.